The van der Waals surface area contributed by atoms with Gasteiger partial charge in [0.2, 0.25) is 0 Å². The molecule has 2 aliphatic rings. The number of oxime groups is 1. The van der Waals surface area contributed by atoms with E-state index in [2.05, 4.69) is 24.9 Å². The van der Waals surface area contributed by atoms with Crippen molar-refractivity contribution in [2.24, 2.45) is 10.9 Å². The zero-order chi connectivity index (χ0) is 13.2. The van der Waals surface area contributed by atoms with Crippen molar-refractivity contribution in [3.05, 3.63) is 18.1 Å². The molecule has 7 heteroatoms. The van der Waals surface area contributed by atoms with Gasteiger partial charge in [-0.1, -0.05) is 5.16 Å². The highest BCUT2D eigenvalue weighted by atomic mass is 16.4. The minimum atomic E-state index is 0.00715. The molecule has 0 unspecified atom stereocenters. The second-order valence-electron chi connectivity index (χ2n) is 4.97. The molecule has 3 rings (SSSR count). The fraction of sp³-hybridized carbons (Fsp3) is 0.583. The van der Waals surface area contributed by atoms with Crippen LogP contribution in [-0.4, -0.2) is 58.1 Å². The van der Waals surface area contributed by atoms with E-state index in [1.54, 1.807) is 12.4 Å². The van der Waals surface area contributed by atoms with Crippen LogP contribution in [0.5, 0.6) is 0 Å². The van der Waals surface area contributed by atoms with E-state index >= 15 is 0 Å². The van der Waals surface area contributed by atoms with E-state index in [1.165, 1.54) is 12.8 Å². The van der Waals surface area contributed by atoms with Crippen LogP contribution in [0.25, 0.3) is 0 Å². The Morgan fingerprint density at radius 3 is 2.53 bits per heavy atom. The summed E-state index contributed by atoms with van der Waals surface area (Å²) < 4.78 is 0. The number of nitrogens with zero attached hydrogens (tertiary/aromatic N) is 5. The van der Waals surface area contributed by atoms with Crippen molar-refractivity contribution in [1.82, 2.24) is 14.9 Å². The number of amidine groups is 1. The van der Waals surface area contributed by atoms with Crippen LogP contribution in [0, 0.1) is 0 Å². The molecule has 1 aromatic rings. The summed E-state index contributed by atoms with van der Waals surface area (Å²) in [7, 11) is 0. The summed E-state index contributed by atoms with van der Waals surface area (Å²) in [6, 6.07) is 0.799. The van der Waals surface area contributed by atoms with E-state index in [0.29, 0.717) is 11.5 Å². The fourth-order valence-corrected chi connectivity index (χ4v) is 2.53. The van der Waals surface area contributed by atoms with Gasteiger partial charge >= 0.3 is 0 Å². The Bertz CT molecular complexity index is 479. The number of aromatic nitrogens is 2. The normalized spacial score (nSPS) is 21.7. The molecule has 2 heterocycles. The van der Waals surface area contributed by atoms with Gasteiger partial charge in [0.15, 0.2) is 17.3 Å². The van der Waals surface area contributed by atoms with Crippen molar-refractivity contribution in [3.8, 4) is 0 Å². The van der Waals surface area contributed by atoms with Crippen molar-refractivity contribution in [3.63, 3.8) is 0 Å². The lowest BCUT2D eigenvalue weighted by atomic mass is 10.2. The zero-order valence-electron chi connectivity index (χ0n) is 10.7. The van der Waals surface area contributed by atoms with Gasteiger partial charge in [-0.05, 0) is 12.8 Å². The Morgan fingerprint density at radius 2 is 1.89 bits per heavy atom. The number of rotatable bonds is 3. The van der Waals surface area contributed by atoms with E-state index in [4.69, 9.17) is 10.9 Å². The Morgan fingerprint density at radius 1 is 1.21 bits per heavy atom. The lowest BCUT2D eigenvalue weighted by molar-refractivity contribution is 0.247. The molecule has 7 nitrogen and oxygen atoms in total. The van der Waals surface area contributed by atoms with Gasteiger partial charge in [0.1, 0.15) is 0 Å². The summed E-state index contributed by atoms with van der Waals surface area (Å²) in [5.41, 5.74) is 6.10. The Balaban J connectivity index is 1.75. The van der Waals surface area contributed by atoms with Crippen LogP contribution in [0.4, 0.5) is 5.82 Å². The smallest absolute Gasteiger partial charge is 0.192 e. The maximum absolute atomic E-state index is 8.80. The van der Waals surface area contributed by atoms with E-state index < -0.39 is 0 Å². The van der Waals surface area contributed by atoms with E-state index in [1.807, 2.05) is 0 Å². The molecule has 0 spiro atoms. The number of anilines is 1. The molecule has 0 aromatic carbocycles. The summed E-state index contributed by atoms with van der Waals surface area (Å²) in [4.78, 5) is 13.2. The van der Waals surface area contributed by atoms with Crippen LogP contribution in [0.3, 0.4) is 0 Å². The highest BCUT2D eigenvalue weighted by molar-refractivity contribution is 5.99. The standard InChI is InChI=1S/C12H18N6O/c13-11(16-19)10-12(15-4-3-14-10)18-7-5-17(6-8-18)9-1-2-9/h3-4,9,19H,1-2,5-8H2,(H2,13,16). The third kappa shape index (κ3) is 2.46. The predicted octanol–water partition coefficient (Wildman–Crippen LogP) is -0.145. The fourth-order valence-electron chi connectivity index (χ4n) is 2.53. The maximum Gasteiger partial charge on any atom is 0.192 e. The average molecular weight is 262 g/mol. The van der Waals surface area contributed by atoms with Gasteiger partial charge in [0.25, 0.3) is 0 Å². The molecule has 1 saturated heterocycles. The molecule has 102 valence electrons. The lowest BCUT2D eigenvalue weighted by Gasteiger charge is -2.35. The van der Waals surface area contributed by atoms with Crippen molar-refractivity contribution < 1.29 is 5.21 Å². The average Bonchev–Trinajstić information content (AvgIpc) is 3.31. The van der Waals surface area contributed by atoms with Gasteiger partial charge in [0, 0.05) is 44.6 Å². The summed E-state index contributed by atoms with van der Waals surface area (Å²) in [5.74, 6) is 0.709. The minimum Gasteiger partial charge on any atom is -0.409 e. The monoisotopic (exact) mass is 262 g/mol. The number of hydrogen-bond donors (Lipinski definition) is 2. The Labute approximate surface area is 111 Å². The number of piperazine rings is 1. The molecule has 2 fully saturated rings. The molecular formula is C12H18N6O. The summed E-state index contributed by atoms with van der Waals surface area (Å²) in [5, 5.41) is 11.8. The van der Waals surface area contributed by atoms with Crippen molar-refractivity contribution >= 4 is 11.7 Å². The third-order valence-electron chi connectivity index (χ3n) is 3.71. The minimum absolute atomic E-state index is 0.00715. The molecule has 1 saturated carbocycles. The Hall–Kier alpha value is -1.89. The molecule has 3 N–H and O–H groups in total. The van der Waals surface area contributed by atoms with Gasteiger partial charge in [-0.15, -0.1) is 0 Å². The van der Waals surface area contributed by atoms with Crippen LogP contribution >= 0.6 is 0 Å². The van der Waals surface area contributed by atoms with Gasteiger partial charge in [0.05, 0.1) is 0 Å². The molecule has 0 atom stereocenters. The second kappa shape index (κ2) is 5.00. The van der Waals surface area contributed by atoms with Crippen molar-refractivity contribution in [2.75, 3.05) is 31.1 Å². The van der Waals surface area contributed by atoms with Crippen molar-refractivity contribution in [1.29, 1.82) is 0 Å². The molecular weight excluding hydrogens is 244 g/mol. The van der Waals surface area contributed by atoms with Gasteiger partial charge in [-0.25, -0.2) is 9.97 Å². The third-order valence-corrected chi connectivity index (χ3v) is 3.71. The van der Waals surface area contributed by atoms with Gasteiger partial charge < -0.3 is 15.8 Å². The van der Waals surface area contributed by atoms with Gasteiger partial charge in [-0.3, -0.25) is 4.90 Å². The van der Waals surface area contributed by atoms with Gasteiger partial charge in [-0.2, -0.15) is 0 Å². The molecule has 1 aromatic heterocycles. The first-order chi connectivity index (χ1) is 9.29. The molecule has 0 bridgehead atoms. The van der Waals surface area contributed by atoms with E-state index in [9.17, 15) is 0 Å². The first kappa shape index (κ1) is 12.2. The topological polar surface area (TPSA) is 90.9 Å². The Kier molecular flexibility index (Phi) is 3.20. The zero-order valence-corrected chi connectivity index (χ0v) is 10.7. The highest BCUT2D eigenvalue weighted by Crippen LogP contribution is 2.28. The maximum atomic E-state index is 8.80. The van der Waals surface area contributed by atoms with Crippen LogP contribution < -0.4 is 10.6 Å². The molecule has 19 heavy (non-hydrogen) atoms. The summed E-state index contributed by atoms with van der Waals surface area (Å²) >= 11 is 0. The van der Waals surface area contributed by atoms with E-state index in [-0.39, 0.29) is 5.84 Å². The largest absolute Gasteiger partial charge is 0.409 e. The van der Waals surface area contributed by atoms with E-state index in [0.717, 1.165) is 32.2 Å². The SMILES string of the molecule is NC(=NO)c1nccnc1N1CCN(C2CC2)CC1. The predicted molar refractivity (Wildman–Crippen MR) is 71.4 cm³/mol. The molecule has 1 aliphatic heterocycles. The molecule has 0 amide bonds. The highest BCUT2D eigenvalue weighted by Gasteiger charge is 2.32. The van der Waals surface area contributed by atoms with Crippen LogP contribution in [0.15, 0.2) is 17.5 Å². The first-order valence-corrected chi connectivity index (χ1v) is 6.57. The van der Waals surface area contributed by atoms with Crippen LogP contribution in [-0.2, 0) is 0 Å². The second-order valence-corrected chi connectivity index (χ2v) is 4.97. The summed E-state index contributed by atoms with van der Waals surface area (Å²) in [6.07, 6.45) is 5.86. The first-order valence-electron chi connectivity index (χ1n) is 6.57. The van der Waals surface area contributed by atoms with Crippen molar-refractivity contribution in [2.45, 2.75) is 18.9 Å². The number of hydrogen-bond acceptors (Lipinski definition) is 6. The molecule has 1 aliphatic carbocycles. The lowest BCUT2D eigenvalue weighted by Crippen LogP contribution is -2.48. The van der Waals surface area contributed by atoms with Crippen LogP contribution in [0.2, 0.25) is 0 Å². The quantitative estimate of drug-likeness (QED) is 0.341. The molecule has 0 radical (unpaired) electrons. The summed E-state index contributed by atoms with van der Waals surface area (Å²) in [6.45, 7) is 3.88. The number of nitrogens with two attached hydrogens (primary N) is 1. The van der Waals surface area contributed by atoms with Crippen LogP contribution in [0.1, 0.15) is 18.5 Å².